The van der Waals surface area contributed by atoms with E-state index < -0.39 is 0 Å². The van der Waals surface area contributed by atoms with Crippen molar-refractivity contribution in [3.63, 3.8) is 0 Å². The minimum Gasteiger partial charge on any atom is -0.326 e. The van der Waals surface area contributed by atoms with Crippen LogP contribution in [0.15, 0.2) is 24.8 Å². The fourth-order valence-electron chi connectivity index (χ4n) is 0.982. The molecule has 1 nitrogen and oxygen atoms in total. The summed E-state index contributed by atoms with van der Waals surface area (Å²) >= 11 is 0. The molecule has 0 aromatic heterocycles. The van der Waals surface area contributed by atoms with Gasteiger partial charge in [-0.3, -0.25) is 0 Å². The molecule has 1 aromatic rings. The lowest BCUT2D eigenvalue weighted by Crippen LogP contribution is -2.01. The summed E-state index contributed by atoms with van der Waals surface area (Å²) in [6, 6.07) is 4.83. The number of benzene rings is 1. The van der Waals surface area contributed by atoms with Crippen molar-refractivity contribution in [1.29, 1.82) is 0 Å². The van der Waals surface area contributed by atoms with Crippen LogP contribution in [0.3, 0.4) is 0 Å². The second kappa shape index (κ2) is 3.30. The first kappa shape index (κ1) is 7.95. The summed E-state index contributed by atoms with van der Waals surface area (Å²) in [4.78, 5) is 0. The molecule has 0 aliphatic heterocycles. The van der Waals surface area contributed by atoms with Gasteiger partial charge < -0.3 is 5.73 Å². The van der Waals surface area contributed by atoms with Crippen LogP contribution < -0.4 is 5.73 Å². The van der Waals surface area contributed by atoms with E-state index in [0.29, 0.717) is 5.56 Å². The van der Waals surface area contributed by atoms with Crippen LogP contribution in [0.5, 0.6) is 0 Å². The first-order valence-electron chi connectivity index (χ1n) is 3.39. The van der Waals surface area contributed by atoms with Gasteiger partial charge in [0.05, 0.1) is 0 Å². The van der Waals surface area contributed by atoms with E-state index in [1.54, 1.807) is 18.2 Å². The lowest BCUT2D eigenvalue weighted by Gasteiger charge is -2.02. The molecule has 0 heterocycles. The van der Waals surface area contributed by atoms with Crippen molar-refractivity contribution in [3.05, 3.63) is 41.7 Å². The lowest BCUT2D eigenvalue weighted by molar-refractivity contribution is 0.610. The van der Waals surface area contributed by atoms with Crippen molar-refractivity contribution in [1.82, 2.24) is 0 Å². The molecule has 0 unspecified atom stereocenters. The van der Waals surface area contributed by atoms with E-state index in [1.807, 2.05) is 0 Å². The zero-order valence-electron chi connectivity index (χ0n) is 6.18. The highest BCUT2D eigenvalue weighted by atomic mass is 19.1. The van der Waals surface area contributed by atoms with Crippen LogP contribution in [-0.2, 0) is 6.54 Å². The molecule has 1 rings (SSSR count). The largest absolute Gasteiger partial charge is 0.326 e. The van der Waals surface area contributed by atoms with Crippen molar-refractivity contribution >= 4 is 6.08 Å². The van der Waals surface area contributed by atoms with Crippen LogP contribution in [0.1, 0.15) is 11.1 Å². The number of hydrogen-bond donors (Lipinski definition) is 1. The maximum Gasteiger partial charge on any atom is 0.128 e. The standard InChI is InChI=1S/C9H10FN/c1-2-7-4-3-5-9(10)8(7)6-11/h2-5H,1,6,11H2. The first-order chi connectivity index (χ1) is 5.29. The maximum absolute atomic E-state index is 12.9. The highest BCUT2D eigenvalue weighted by Crippen LogP contribution is 2.13. The Hall–Kier alpha value is -1.15. The number of nitrogens with two attached hydrogens (primary N) is 1. The Balaban J connectivity index is 3.23. The third-order valence-electron chi connectivity index (χ3n) is 1.58. The van der Waals surface area contributed by atoms with Crippen molar-refractivity contribution in [2.45, 2.75) is 6.54 Å². The maximum atomic E-state index is 12.9. The molecule has 0 aliphatic carbocycles. The summed E-state index contributed by atoms with van der Waals surface area (Å²) < 4.78 is 12.9. The first-order valence-corrected chi connectivity index (χ1v) is 3.39. The van der Waals surface area contributed by atoms with Crippen molar-refractivity contribution in [2.24, 2.45) is 5.73 Å². The van der Waals surface area contributed by atoms with E-state index >= 15 is 0 Å². The van der Waals surface area contributed by atoms with Gasteiger partial charge in [-0.15, -0.1) is 0 Å². The van der Waals surface area contributed by atoms with Crippen LogP contribution in [-0.4, -0.2) is 0 Å². The summed E-state index contributed by atoms with van der Waals surface area (Å²) in [6.07, 6.45) is 1.60. The molecule has 58 valence electrons. The monoisotopic (exact) mass is 151 g/mol. The Bertz CT molecular complexity index is 268. The van der Waals surface area contributed by atoms with Gasteiger partial charge in [0.1, 0.15) is 5.82 Å². The molecule has 0 radical (unpaired) electrons. The lowest BCUT2D eigenvalue weighted by atomic mass is 10.1. The number of halogens is 1. The predicted octanol–water partition coefficient (Wildman–Crippen LogP) is 1.93. The summed E-state index contributed by atoms with van der Waals surface area (Å²) in [5, 5.41) is 0. The van der Waals surface area contributed by atoms with Gasteiger partial charge in [0, 0.05) is 12.1 Å². The molecule has 0 fully saturated rings. The molecule has 0 amide bonds. The molecule has 0 aliphatic rings. The van der Waals surface area contributed by atoms with Crippen molar-refractivity contribution < 1.29 is 4.39 Å². The van der Waals surface area contributed by atoms with Crippen LogP contribution in [0.25, 0.3) is 6.08 Å². The van der Waals surface area contributed by atoms with Crippen LogP contribution >= 0.6 is 0 Å². The van der Waals surface area contributed by atoms with Gasteiger partial charge in [0.25, 0.3) is 0 Å². The third-order valence-corrected chi connectivity index (χ3v) is 1.58. The Kier molecular flexibility index (Phi) is 2.39. The van der Waals surface area contributed by atoms with Gasteiger partial charge in [-0.1, -0.05) is 24.8 Å². The molecule has 0 saturated heterocycles. The highest BCUT2D eigenvalue weighted by Gasteiger charge is 2.01. The molecule has 2 heteroatoms. The summed E-state index contributed by atoms with van der Waals surface area (Å²) in [7, 11) is 0. The Morgan fingerprint density at radius 2 is 2.27 bits per heavy atom. The summed E-state index contributed by atoms with van der Waals surface area (Å²) in [6.45, 7) is 3.77. The Labute approximate surface area is 65.3 Å². The molecule has 2 N–H and O–H groups in total. The summed E-state index contributed by atoms with van der Waals surface area (Å²) in [5.41, 5.74) is 6.64. The van der Waals surface area contributed by atoms with E-state index in [2.05, 4.69) is 6.58 Å². The molecular formula is C9H10FN. The molecule has 0 spiro atoms. The minimum atomic E-state index is -0.259. The minimum absolute atomic E-state index is 0.216. The van der Waals surface area contributed by atoms with E-state index in [1.165, 1.54) is 6.07 Å². The van der Waals surface area contributed by atoms with Crippen molar-refractivity contribution in [3.8, 4) is 0 Å². The van der Waals surface area contributed by atoms with Gasteiger partial charge in [-0.2, -0.15) is 0 Å². The average Bonchev–Trinajstić information content (AvgIpc) is 2.04. The Morgan fingerprint density at radius 3 is 2.73 bits per heavy atom. The average molecular weight is 151 g/mol. The quantitative estimate of drug-likeness (QED) is 0.686. The second-order valence-corrected chi connectivity index (χ2v) is 2.22. The van der Waals surface area contributed by atoms with Gasteiger partial charge in [-0.25, -0.2) is 4.39 Å². The predicted molar refractivity (Wildman–Crippen MR) is 44.4 cm³/mol. The van der Waals surface area contributed by atoms with Crippen LogP contribution in [0.2, 0.25) is 0 Å². The number of hydrogen-bond acceptors (Lipinski definition) is 1. The highest BCUT2D eigenvalue weighted by molar-refractivity contribution is 5.52. The molecular weight excluding hydrogens is 141 g/mol. The van der Waals surface area contributed by atoms with E-state index in [4.69, 9.17) is 5.73 Å². The third kappa shape index (κ3) is 1.46. The molecule has 0 atom stereocenters. The van der Waals surface area contributed by atoms with E-state index in [-0.39, 0.29) is 12.4 Å². The molecule has 11 heavy (non-hydrogen) atoms. The fourth-order valence-corrected chi connectivity index (χ4v) is 0.982. The normalized spacial score (nSPS) is 9.64. The van der Waals surface area contributed by atoms with Crippen LogP contribution in [0.4, 0.5) is 4.39 Å². The van der Waals surface area contributed by atoms with Crippen LogP contribution in [0, 0.1) is 5.82 Å². The zero-order chi connectivity index (χ0) is 8.27. The van der Waals surface area contributed by atoms with E-state index in [9.17, 15) is 4.39 Å². The van der Waals surface area contributed by atoms with Gasteiger partial charge >= 0.3 is 0 Å². The number of rotatable bonds is 2. The second-order valence-electron chi connectivity index (χ2n) is 2.22. The van der Waals surface area contributed by atoms with Gasteiger partial charge in [0.2, 0.25) is 0 Å². The Morgan fingerprint density at radius 1 is 1.55 bits per heavy atom. The fraction of sp³-hybridized carbons (Fsp3) is 0.111. The zero-order valence-corrected chi connectivity index (χ0v) is 6.18. The van der Waals surface area contributed by atoms with Gasteiger partial charge in [0.15, 0.2) is 0 Å². The molecule has 0 saturated carbocycles. The van der Waals surface area contributed by atoms with E-state index in [0.717, 1.165) is 5.56 Å². The smallest absolute Gasteiger partial charge is 0.128 e. The molecule has 0 bridgehead atoms. The SMILES string of the molecule is C=Cc1cccc(F)c1CN. The summed E-state index contributed by atoms with van der Waals surface area (Å²) in [5.74, 6) is -0.259. The molecule has 1 aromatic carbocycles. The topological polar surface area (TPSA) is 26.0 Å². The van der Waals surface area contributed by atoms with Crippen molar-refractivity contribution in [2.75, 3.05) is 0 Å². The van der Waals surface area contributed by atoms with Gasteiger partial charge in [-0.05, 0) is 11.6 Å².